The summed E-state index contributed by atoms with van der Waals surface area (Å²) in [6.07, 6.45) is 0. The Balaban J connectivity index is 1.37. The van der Waals surface area contributed by atoms with Crippen LogP contribution in [0, 0.1) is 17.1 Å². The second-order valence-corrected chi connectivity index (χ2v) is 35.4. The van der Waals surface area contributed by atoms with Gasteiger partial charge in [-0.2, -0.15) is 5.26 Å². The highest BCUT2D eigenvalue weighted by atomic mass is 19.1. The molecule has 5 nitrogen and oxygen atoms in total. The molecule has 0 N–H and O–H groups in total. The quantitative estimate of drug-likeness (QED) is 0.173. The second-order valence-electron chi connectivity index (χ2n) is 35.4. The number of rotatable bonds is 4. The topological polar surface area (TPSA) is 43.5 Å². The zero-order valence-electron chi connectivity index (χ0n) is 60.0. The molecular weight excluding hydrogens is 1130 g/mol. The van der Waals surface area contributed by atoms with Crippen molar-refractivity contribution < 1.29 is 4.39 Å². The third kappa shape index (κ3) is 10.2. The predicted octanol–water partition coefficient (Wildman–Crippen LogP) is 24.5. The first kappa shape index (κ1) is 63.4. The Labute approximate surface area is 551 Å². The maximum Gasteiger partial charge on any atom is 0.175 e. The molecule has 0 amide bonds. The molecule has 476 valence electrons. The van der Waals surface area contributed by atoms with Crippen LogP contribution >= 0.6 is 0 Å². The molecule has 4 aromatic heterocycles. The van der Waals surface area contributed by atoms with Crippen molar-refractivity contribution in [1.29, 1.82) is 5.26 Å². The van der Waals surface area contributed by atoms with Gasteiger partial charge in [0.25, 0.3) is 0 Å². The second kappa shape index (κ2) is 20.6. The number of nitriles is 1. The van der Waals surface area contributed by atoms with E-state index in [1.807, 2.05) is 0 Å². The van der Waals surface area contributed by atoms with Crippen LogP contribution < -0.4 is 0 Å². The molecule has 0 unspecified atom stereocenters. The highest BCUT2D eigenvalue weighted by Gasteiger charge is 2.37. The Kier molecular flexibility index (Phi) is 14.0. The first-order valence-electron chi connectivity index (χ1n) is 33.8. The summed E-state index contributed by atoms with van der Waals surface area (Å²) >= 11 is 0. The monoisotopic (exact) mass is 1230 g/mol. The predicted molar refractivity (Wildman–Crippen MR) is 398 cm³/mol. The number of fused-ring (bicyclic) bond motifs is 12. The fourth-order valence-electron chi connectivity index (χ4n) is 14.4. The molecule has 13 aromatic rings. The summed E-state index contributed by atoms with van der Waals surface area (Å²) < 4.78 is 30.8. The van der Waals surface area contributed by atoms with Gasteiger partial charge in [0.1, 0.15) is 23.0 Å². The van der Waals surface area contributed by atoms with E-state index < -0.39 is 5.82 Å². The first-order valence-corrected chi connectivity index (χ1v) is 33.8. The number of benzene rings is 9. The number of halogens is 1. The normalized spacial score (nSPS) is 13.6. The Morgan fingerprint density at radius 1 is 0.237 bits per heavy atom. The van der Waals surface area contributed by atoms with Crippen LogP contribution in [0.1, 0.15) is 216 Å². The molecule has 0 aliphatic heterocycles. The molecule has 9 aromatic carbocycles. The molecule has 0 radical (unpaired) electrons. The third-order valence-electron chi connectivity index (χ3n) is 20.3. The van der Waals surface area contributed by atoms with E-state index in [1.165, 1.54) is 44.5 Å². The van der Waals surface area contributed by atoms with Crippen LogP contribution in [0.2, 0.25) is 0 Å². The molecular formula is C87H96FN5. The summed E-state index contributed by atoms with van der Waals surface area (Å²) in [6.45, 7) is 54.3. The van der Waals surface area contributed by atoms with Gasteiger partial charge in [0.05, 0.1) is 55.5 Å². The minimum Gasteiger partial charge on any atom is -0.306 e. The van der Waals surface area contributed by atoms with Crippen LogP contribution in [0.25, 0.3) is 110 Å². The van der Waals surface area contributed by atoms with E-state index in [1.54, 1.807) is 0 Å². The smallest absolute Gasteiger partial charge is 0.175 e. The molecule has 6 heteroatoms. The van der Waals surface area contributed by atoms with Gasteiger partial charge in [-0.1, -0.05) is 215 Å². The van der Waals surface area contributed by atoms with Crippen LogP contribution in [0.5, 0.6) is 0 Å². The van der Waals surface area contributed by atoms with E-state index in [0.717, 1.165) is 87.2 Å². The molecule has 93 heavy (non-hydrogen) atoms. The average molecular weight is 1230 g/mol. The van der Waals surface area contributed by atoms with Crippen molar-refractivity contribution in [3.8, 4) is 28.8 Å². The standard InChI is InChI=1S/C87H96FN5/c1-80(2,3)50-25-33-67-58(41-50)59-42-51(81(4,5)6)26-34-68(59)90(67)76-66(49-89)77(91-69-35-27-52(82(7,8)9)43-60(69)61-44-53(83(10,11)12)28-36-70(61)91)79(93-73-39-31-56(86(19,20)21)47-64(73)65-48-57(87(22,23)24)32-40-74(65)93)75(88)78(76)92-71-37-29-54(84(13,14)15)45-62(71)63-46-55(85(16,17)18)30-38-72(63)92/h25-48H,1-24H3. The minimum atomic E-state index is -0.448. The molecule has 0 aliphatic carbocycles. The minimum absolute atomic E-state index is 0.186. The first-order chi connectivity index (χ1) is 43.1. The van der Waals surface area contributed by atoms with E-state index in [-0.39, 0.29) is 43.3 Å². The van der Waals surface area contributed by atoms with Gasteiger partial charge >= 0.3 is 0 Å². The van der Waals surface area contributed by atoms with Crippen molar-refractivity contribution >= 4 is 87.2 Å². The Bertz CT molecular complexity index is 4730. The van der Waals surface area contributed by atoms with Gasteiger partial charge in [0.15, 0.2) is 5.82 Å². The van der Waals surface area contributed by atoms with Crippen molar-refractivity contribution in [3.05, 3.63) is 201 Å². The zero-order chi connectivity index (χ0) is 67.3. The van der Waals surface area contributed by atoms with Crippen LogP contribution in [0.15, 0.2) is 146 Å². The van der Waals surface area contributed by atoms with Crippen molar-refractivity contribution in [2.45, 2.75) is 209 Å². The lowest BCUT2D eigenvalue weighted by atomic mass is 9.85. The maximum absolute atomic E-state index is 21.9. The Morgan fingerprint density at radius 2 is 0.376 bits per heavy atom. The van der Waals surface area contributed by atoms with Crippen molar-refractivity contribution in [2.24, 2.45) is 0 Å². The van der Waals surface area contributed by atoms with E-state index in [0.29, 0.717) is 28.3 Å². The summed E-state index contributed by atoms with van der Waals surface area (Å²) in [7, 11) is 0. The molecule has 0 saturated carbocycles. The third-order valence-corrected chi connectivity index (χ3v) is 20.3. The molecule has 0 aliphatic rings. The van der Waals surface area contributed by atoms with E-state index in [2.05, 4.69) is 336 Å². The molecule has 0 spiro atoms. The number of nitrogens with zero attached hydrogens (tertiary/aromatic N) is 5. The van der Waals surface area contributed by atoms with Gasteiger partial charge in [-0.3, -0.25) is 0 Å². The van der Waals surface area contributed by atoms with Crippen LogP contribution in [0.4, 0.5) is 4.39 Å². The van der Waals surface area contributed by atoms with E-state index >= 15 is 4.39 Å². The van der Waals surface area contributed by atoms with Crippen molar-refractivity contribution in [3.63, 3.8) is 0 Å². The van der Waals surface area contributed by atoms with Gasteiger partial charge in [0, 0.05) is 43.1 Å². The zero-order valence-corrected chi connectivity index (χ0v) is 60.0. The van der Waals surface area contributed by atoms with Gasteiger partial charge in [-0.05, 0) is 185 Å². The molecule has 0 atom stereocenters. The number of hydrogen-bond acceptors (Lipinski definition) is 1. The largest absolute Gasteiger partial charge is 0.306 e. The lowest BCUT2D eigenvalue weighted by molar-refractivity contribution is 0.590. The molecule has 13 rings (SSSR count). The SMILES string of the molecule is CC(C)(C)c1ccc2c(c1)c1cc(C(C)(C)C)ccc1n2-c1c(F)c(-n2c3ccc(C(C)(C)C)cc3c3cc(C(C)(C)C)ccc32)c(-n2c3ccc(C(C)(C)C)cc3c3cc(C(C)(C)C)ccc32)c(C#N)c1-n1c2ccc(C(C)(C)C)cc2c2cc(C(C)(C)C)ccc21. The van der Waals surface area contributed by atoms with Crippen LogP contribution in [-0.4, -0.2) is 18.3 Å². The van der Waals surface area contributed by atoms with Crippen molar-refractivity contribution in [2.75, 3.05) is 0 Å². The Hall–Kier alpha value is -8.40. The fourth-order valence-corrected chi connectivity index (χ4v) is 14.4. The van der Waals surface area contributed by atoms with E-state index in [9.17, 15) is 5.26 Å². The number of hydrogen-bond donors (Lipinski definition) is 0. The summed E-state index contributed by atoms with van der Waals surface area (Å²) in [6, 6.07) is 57.4. The molecule has 0 bridgehead atoms. The highest BCUT2D eigenvalue weighted by molar-refractivity contribution is 6.16. The maximum atomic E-state index is 21.9. The Morgan fingerprint density at radius 3 is 0.505 bits per heavy atom. The van der Waals surface area contributed by atoms with Gasteiger partial charge in [-0.25, -0.2) is 4.39 Å². The highest BCUT2D eigenvalue weighted by Crippen LogP contribution is 2.51. The number of aromatic nitrogens is 4. The van der Waals surface area contributed by atoms with Crippen LogP contribution in [0.3, 0.4) is 0 Å². The summed E-state index contributed by atoms with van der Waals surface area (Å²) in [5, 5.41) is 21.5. The van der Waals surface area contributed by atoms with Gasteiger partial charge < -0.3 is 18.3 Å². The lowest BCUT2D eigenvalue weighted by Gasteiger charge is -2.27. The summed E-state index contributed by atoms with van der Waals surface area (Å²) in [4.78, 5) is 0. The fraction of sp³-hybridized carbons (Fsp3) is 0.368. The lowest BCUT2D eigenvalue weighted by Crippen LogP contribution is -2.17. The molecule has 0 saturated heterocycles. The molecule has 4 heterocycles. The summed E-state index contributed by atoms with van der Waals surface area (Å²) in [5.74, 6) is -0.448. The van der Waals surface area contributed by atoms with Crippen molar-refractivity contribution in [1.82, 2.24) is 18.3 Å². The summed E-state index contributed by atoms with van der Waals surface area (Å²) in [5.41, 5.74) is 16.8. The average Bonchev–Trinajstić information content (AvgIpc) is 1.59. The van der Waals surface area contributed by atoms with Gasteiger partial charge in [0.2, 0.25) is 0 Å². The van der Waals surface area contributed by atoms with Crippen LogP contribution in [-0.2, 0) is 43.3 Å². The van der Waals surface area contributed by atoms with E-state index in [4.69, 9.17) is 0 Å². The van der Waals surface area contributed by atoms with Gasteiger partial charge in [-0.15, -0.1) is 0 Å². The molecule has 0 fully saturated rings.